The van der Waals surface area contributed by atoms with Gasteiger partial charge in [0.1, 0.15) is 0 Å². The van der Waals surface area contributed by atoms with Gasteiger partial charge in [0.15, 0.2) is 6.04 Å². The average molecular weight is 398 g/mol. The zero-order valence-corrected chi connectivity index (χ0v) is 17.0. The molecule has 5 nitrogen and oxygen atoms in total. The lowest BCUT2D eigenvalue weighted by atomic mass is 9.99. The van der Waals surface area contributed by atoms with Gasteiger partial charge in [-0.3, -0.25) is 9.59 Å². The van der Waals surface area contributed by atoms with Gasteiger partial charge >= 0.3 is 5.91 Å². The summed E-state index contributed by atoms with van der Waals surface area (Å²) in [6.07, 6.45) is 1.90. The molecule has 2 atom stereocenters. The van der Waals surface area contributed by atoms with Crippen LogP contribution >= 0.6 is 0 Å². The molecule has 1 aliphatic rings. The monoisotopic (exact) mass is 398 g/mol. The van der Waals surface area contributed by atoms with Gasteiger partial charge in [-0.15, -0.1) is 10.1 Å². The van der Waals surface area contributed by atoms with Crippen LogP contribution in [0.3, 0.4) is 0 Å². The second-order valence-corrected chi connectivity index (χ2v) is 7.60. The van der Waals surface area contributed by atoms with Crippen LogP contribution in [0.4, 0.5) is 0 Å². The van der Waals surface area contributed by atoms with E-state index >= 15 is 0 Å². The van der Waals surface area contributed by atoms with Crippen molar-refractivity contribution >= 4 is 18.0 Å². The van der Waals surface area contributed by atoms with E-state index in [2.05, 4.69) is 10.7 Å². The summed E-state index contributed by atoms with van der Waals surface area (Å²) in [5.41, 5.74) is 7.58. The quantitative estimate of drug-likeness (QED) is 0.663. The summed E-state index contributed by atoms with van der Waals surface area (Å²) >= 11 is 0. The van der Waals surface area contributed by atoms with Crippen LogP contribution in [0.2, 0.25) is 0 Å². The summed E-state index contributed by atoms with van der Waals surface area (Å²) in [5, 5.41) is 2.93. The van der Waals surface area contributed by atoms with Gasteiger partial charge in [-0.05, 0) is 38.1 Å². The highest BCUT2D eigenvalue weighted by atomic mass is 16.2. The van der Waals surface area contributed by atoms with Crippen LogP contribution in [0, 0.1) is 13.8 Å². The lowest BCUT2D eigenvalue weighted by molar-refractivity contribution is -0.596. The third kappa shape index (κ3) is 4.15. The van der Waals surface area contributed by atoms with Gasteiger partial charge < -0.3 is 5.32 Å². The van der Waals surface area contributed by atoms with Gasteiger partial charge in [-0.1, -0.05) is 65.7 Å². The third-order valence-corrected chi connectivity index (χ3v) is 5.24. The average Bonchev–Trinajstić information content (AvgIpc) is 3.05. The summed E-state index contributed by atoms with van der Waals surface area (Å²) in [6.45, 7) is 4.00. The van der Waals surface area contributed by atoms with Crippen molar-refractivity contribution < 1.29 is 14.3 Å². The number of hydrazone groups is 1. The second kappa shape index (κ2) is 8.33. The number of nitrogens with zero attached hydrogens (tertiary/aromatic N) is 1. The molecule has 1 aliphatic heterocycles. The smallest absolute Gasteiger partial charge is 0.304 e. The topological polar surface area (TPSA) is 61.2 Å². The molecule has 0 aromatic heterocycles. The Bertz CT molecular complexity index is 1090. The van der Waals surface area contributed by atoms with E-state index < -0.39 is 6.04 Å². The number of hydrogen-bond acceptors (Lipinski definition) is 2. The molecule has 0 aliphatic carbocycles. The predicted molar refractivity (Wildman–Crippen MR) is 116 cm³/mol. The lowest BCUT2D eigenvalue weighted by Gasteiger charge is -2.14. The molecule has 5 heteroatoms. The number of carbonyl (C=O) groups is 2. The van der Waals surface area contributed by atoms with Crippen molar-refractivity contribution in [1.29, 1.82) is 0 Å². The van der Waals surface area contributed by atoms with E-state index in [1.807, 2.05) is 86.8 Å². The Kier molecular flexibility index (Phi) is 5.44. The number of nitrogens with one attached hydrogen (secondary N) is 2. The second-order valence-electron chi connectivity index (χ2n) is 7.60. The van der Waals surface area contributed by atoms with Crippen LogP contribution in [0.1, 0.15) is 38.7 Å². The molecule has 2 N–H and O–H groups in total. The molecule has 1 fully saturated rings. The van der Waals surface area contributed by atoms with Gasteiger partial charge in [-0.25, -0.2) is 0 Å². The van der Waals surface area contributed by atoms with E-state index in [0.717, 1.165) is 16.7 Å². The molecule has 1 saturated heterocycles. The minimum atomic E-state index is -0.720. The first-order chi connectivity index (χ1) is 14.5. The molecule has 4 rings (SSSR count). The Hall–Kier alpha value is -3.73. The van der Waals surface area contributed by atoms with E-state index in [1.165, 1.54) is 5.56 Å². The number of benzene rings is 3. The van der Waals surface area contributed by atoms with Crippen LogP contribution in [-0.4, -0.2) is 28.8 Å². The summed E-state index contributed by atoms with van der Waals surface area (Å²) < 4.78 is 1.78. The molecule has 2 amide bonds. The van der Waals surface area contributed by atoms with Crippen LogP contribution in [0.5, 0.6) is 0 Å². The maximum Gasteiger partial charge on any atom is 0.304 e. The van der Waals surface area contributed by atoms with E-state index in [9.17, 15) is 9.59 Å². The molecule has 1 heterocycles. The summed E-state index contributed by atoms with van der Waals surface area (Å²) in [7, 11) is 0. The van der Waals surface area contributed by atoms with Crippen molar-refractivity contribution in [1.82, 2.24) is 10.7 Å². The summed E-state index contributed by atoms with van der Waals surface area (Å²) in [6, 6.07) is 24.0. The zero-order valence-electron chi connectivity index (χ0n) is 17.0. The predicted octanol–water partition coefficient (Wildman–Crippen LogP) is 3.32. The van der Waals surface area contributed by atoms with Crippen molar-refractivity contribution in [2.24, 2.45) is 0 Å². The molecule has 0 radical (unpaired) electrons. The minimum Gasteiger partial charge on any atom is -0.334 e. The maximum absolute atomic E-state index is 12.8. The van der Waals surface area contributed by atoms with E-state index in [1.54, 1.807) is 16.8 Å². The first kappa shape index (κ1) is 19.6. The summed E-state index contributed by atoms with van der Waals surface area (Å²) in [5.74, 6) is -0.513. The largest absolute Gasteiger partial charge is 0.334 e. The number of hydrazine groups is 1. The molecule has 0 unspecified atom stereocenters. The van der Waals surface area contributed by atoms with Crippen LogP contribution in [0.25, 0.3) is 0 Å². The van der Waals surface area contributed by atoms with Crippen molar-refractivity contribution in [3.8, 4) is 0 Å². The Morgan fingerprint density at radius 1 is 0.900 bits per heavy atom. The number of aryl methyl sites for hydroxylation is 2. The normalized spacial score (nSPS) is 19.5. The maximum atomic E-state index is 12.8. The molecule has 150 valence electrons. The Morgan fingerprint density at radius 3 is 2.13 bits per heavy atom. The molecular formula is C25H24N3O2+. The Morgan fingerprint density at radius 2 is 1.50 bits per heavy atom. The Balaban J connectivity index is 1.68. The van der Waals surface area contributed by atoms with Gasteiger partial charge in [-0.2, -0.15) is 0 Å². The van der Waals surface area contributed by atoms with Gasteiger partial charge in [0.25, 0.3) is 5.91 Å². The highest BCUT2D eigenvalue weighted by molar-refractivity contribution is 5.98. The van der Waals surface area contributed by atoms with Crippen LogP contribution < -0.4 is 10.7 Å². The first-order valence-corrected chi connectivity index (χ1v) is 9.94. The highest BCUT2D eigenvalue weighted by Gasteiger charge is 2.47. The highest BCUT2D eigenvalue weighted by Crippen LogP contribution is 2.25. The molecular weight excluding hydrogens is 374 g/mol. The standard InChI is InChI=1S/C25H23N3O2/c1-17-8-12-19(13-9-17)16-28-23(20-6-4-3-5-7-20)22(25(30)27-28)26-24(29)21-14-10-18(2)11-15-21/h3-16,22-23H,1-2H3,(H-,26,27,29,30)/p+1/b28-16-/t22-,23+/m0/s1. The van der Waals surface area contributed by atoms with Crippen LogP contribution in [-0.2, 0) is 4.79 Å². The van der Waals surface area contributed by atoms with Crippen molar-refractivity contribution in [3.63, 3.8) is 0 Å². The van der Waals surface area contributed by atoms with E-state index in [0.29, 0.717) is 5.56 Å². The van der Waals surface area contributed by atoms with Gasteiger partial charge in [0.05, 0.1) is 0 Å². The molecule has 0 saturated carbocycles. The SMILES string of the molecule is Cc1ccc(/C=[N+]2\NC(=O)[C@@H](NC(=O)c3ccc(C)cc3)[C@H]2c2ccccc2)cc1. The fourth-order valence-electron chi connectivity index (χ4n) is 3.57. The fraction of sp³-hybridized carbons (Fsp3) is 0.160. The minimum absolute atomic E-state index is 0.243. The third-order valence-electron chi connectivity index (χ3n) is 5.24. The molecule has 30 heavy (non-hydrogen) atoms. The van der Waals surface area contributed by atoms with Crippen molar-refractivity contribution in [2.45, 2.75) is 25.9 Å². The number of carbonyl (C=O) groups excluding carboxylic acids is 2. The van der Waals surface area contributed by atoms with Crippen molar-refractivity contribution in [3.05, 3.63) is 107 Å². The molecule has 0 bridgehead atoms. The molecule has 0 spiro atoms. The van der Waals surface area contributed by atoms with E-state index in [4.69, 9.17) is 0 Å². The summed E-state index contributed by atoms with van der Waals surface area (Å²) in [4.78, 5) is 25.7. The number of hydrogen-bond donors (Lipinski definition) is 2. The fourth-order valence-corrected chi connectivity index (χ4v) is 3.57. The van der Waals surface area contributed by atoms with Gasteiger partial charge in [0, 0.05) is 16.7 Å². The Labute approximate surface area is 176 Å². The van der Waals surface area contributed by atoms with Crippen LogP contribution in [0.15, 0.2) is 78.9 Å². The lowest BCUT2D eigenvalue weighted by Crippen LogP contribution is -2.42. The molecule has 3 aromatic carbocycles. The van der Waals surface area contributed by atoms with Gasteiger partial charge in [0.2, 0.25) is 12.3 Å². The van der Waals surface area contributed by atoms with E-state index in [-0.39, 0.29) is 17.9 Å². The zero-order chi connectivity index (χ0) is 21.1. The first-order valence-electron chi connectivity index (χ1n) is 9.94. The van der Waals surface area contributed by atoms with Crippen molar-refractivity contribution in [2.75, 3.05) is 0 Å². The molecule has 3 aromatic rings. The number of rotatable bonds is 4. The number of amides is 2.